The minimum Gasteiger partial charge on any atom is -0.450 e. The molecule has 1 saturated heterocycles. The van der Waals surface area contributed by atoms with E-state index in [1.54, 1.807) is 17.9 Å². The second kappa shape index (κ2) is 8.52. The number of fused-ring (bicyclic) bond motifs is 1. The van der Waals surface area contributed by atoms with Gasteiger partial charge in [-0.3, -0.25) is 14.7 Å². The van der Waals surface area contributed by atoms with Crippen LogP contribution in [0.1, 0.15) is 30.3 Å². The zero-order valence-electron chi connectivity index (χ0n) is 15.2. The zero-order valence-corrected chi connectivity index (χ0v) is 15.2. The van der Waals surface area contributed by atoms with Crippen LogP contribution >= 0.6 is 0 Å². The van der Waals surface area contributed by atoms with Crippen LogP contribution in [0.25, 0.3) is 10.9 Å². The maximum Gasteiger partial charge on any atom is 0.409 e. The molecule has 3 amide bonds. The van der Waals surface area contributed by atoms with Gasteiger partial charge in [0, 0.05) is 24.5 Å². The van der Waals surface area contributed by atoms with Crippen molar-refractivity contribution in [1.29, 1.82) is 0 Å². The number of aromatic nitrogens is 2. The highest BCUT2D eigenvalue weighted by molar-refractivity contribution is 6.05. The fourth-order valence-electron chi connectivity index (χ4n) is 3.08. The summed E-state index contributed by atoms with van der Waals surface area (Å²) in [7, 11) is 0. The number of nitrogens with zero attached hydrogens (tertiary/aromatic N) is 2. The van der Waals surface area contributed by atoms with Crippen LogP contribution in [0.4, 0.5) is 4.79 Å². The molecule has 1 aromatic heterocycles. The molecule has 2 heterocycles. The predicted octanol–water partition coefficient (Wildman–Crippen LogP) is 1.03. The van der Waals surface area contributed by atoms with Crippen molar-refractivity contribution in [2.24, 2.45) is 0 Å². The number of amides is 3. The number of nitrogens with one attached hydrogen (secondary N) is 3. The summed E-state index contributed by atoms with van der Waals surface area (Å²) in [5.41, 5.74) is 1.03. The molecule has 1 aliphatic heterocycles. The van der Waals surface area contributed by atoms with Gasteiger partial charge in [-0.05, 0) is 25.8 Å². The molecule has 0 bridgehead atoms. The number of carbonyl (C=O) groups excluding carboxylic acids is 3. The fourth-order valence-corrected chi connectivity index (χ4v) is 3.08. The Labute approximate surface area is 156 Å². The standard InChI is InChI=1S/C18H23N5O4/c1-2-27-18(26)23-9-7-12(8-10-23)20-15(24)11-19-17(25)16-13-5-3-4-6-14(13)21-22-16/h3-6,12H,2,7-11H2,1H3,(H,19,25)(H,20,24)(H,21,22). The van der Waals surface area contributed by atoms with Crippen molar-refractivity contribution in [1.82, 2.24) is 25.7 Å². The normalized spacial score (nSPS) is 14.8. The smallest absolute Gasteiger partial charge is 0.409 e. The Morgan fingerprint density at radius 2 is 2.00 bits per heavy atom. The molecule has 144 valence electrons. The molecule has 0 atom stereocenters. The Kier molecular flexibility index (Phi) is 5.90. The summed E-state index contributed by atoms with van der Waals surface area (Å²) >= 11 is 0. The topological polar surface area (TPSA) is 116 Å². The Balaban J connectivity index is 1.44. The van der Waals surface area contributed by atoms with Crippen molar-refractivity contribution >= 4 is 28.8 Å². The number of benzene rings is 1. The van der Waals surface area contributed by atoms with E-state index in [9.17, 15) is 14.4 Å². The minimum atomic E-state index is -0.403. The number of H-pyrrole nitrogens is 1. The van der Waals surface area contributed by atoms with Gasteiger partial charge in [0.05, 0.1) is 18.7 Å². The highest BCUT2D eigenvalue weighted by atomic mass is 16.6. The second-order valence-corrected chi connectivity index (χ2v) is 6.33. The average molecular weight is 373 g/mol. The fraction of sp³-hybridized carbons (Fsp3) is 0.444. The van der Waals surface area contributed by atoms with Crippen LogP contribution in [0.2, 0.25) is 0 Å². The van der Waals surface area contributed by atoms with Crippen molar-refractivity contribution in [3.63, 3.8) is 0 Å². The number of hydrogen-bond donors (Lipinski definition) is 3. The summed E-state index contributed by atoms with van der Waals surface area (Å²) in [5.74, 6) is -0.669. The number of rotatable bonds is 5. The molecular formula is C18H23N5O4. The first-order valence-electron chi connectivity index (χ1n) is 9.01. The van der Waals surface area contributed by atoms with Crippen LogP contribution in [0.15, 0.2) is 24.3 Å². The van der Waals surface area contributed by atoms with Crippen LogP contribution < -0.4 is 10.6 Å². The number of para-hydroxylation sites is 1. The van der Waals surface area contributed by atoms with E-state index in [0.29, 0.717) is 37.9 Å². The van der Waals surface area contributed by atoms with E-state index in [4.69, 9.17) is 4.74 Å². The molecule has 0 unspecified atom stereocenters. The third-order valence-corrected chi connectivity index (χ3v) is 4.48. The first-order valence-corrected chi connectivity index (χ1v) is 9.01. The van der Waals surface area contributed by atoms with Crippen LogP contribution in [0.3, 0.4) is 0 Å². The molecule has 0 aliphatic carbocycles. The van der Waals surface area contributed by atoms with E-state index in [1.165, 1.54) is 0 Å². The summed E-state index contributed by atoms with van der Waals surface area (Å²) in [5, 5.41) is 13.0. The number of aromatic amines is 1. The lowest BCUT2D eigenvalue weighted by Gasteiger charge is -2.31. The van der Waals surface area contributed by atoms with E-state index in [2.05, 4.69) is 20.8 Å². The third-order valence-electron chi connectivity index (χ3n) is 4.48. The van der Waals surface area contributed by atoms with Gasteiger partial charge in [-0.1, -0.05) is 18.2 Å². The zero-order chi connectivity index (χ0) is 19.2. The lowest BCUT2D eigenvalue weighted by atomic mass is 10.1. The van der Waals surface area contributed by atoms with Crippen molar-refractivity contribution in [3.8, 4) is 0 Å². The lowest BCUT2D eigenvalue weighted by molar-refractivity contribution is -0.121. The Morgan fingerprint density at radius 1 is 1.26 bits per heavy atom. The summed E-state index contributed by atoms with van der Waals surface area (Å²) in [6.07, 6.45) is 0.992. The Hall–Kier alpha value is -3.10. The number of piperidine rings is 1. The molecule has 1 aromatic carbocycles. The molecule has 1 fully saturated rings. The van der Waals surface area contributed by atoms with Gasteiger partial charge in [0.25, 0.3) is 5.91 Å². The number of hydrogen-bond acceptors (Lipinski definition) is 5. The summed E-state index contributed by atoms with van der Waals surface area (Å²) in [4.78, 5) is 37.7. The van der Waals surface area contributed by atoms with Gasteiger partial charge in [0.2, 0.25) is 5.91 Å². The quantitative estimate of drug-likeness (QED) is 0.724. The molecule has 0 saturated carbocycles. The van der Waals surface area contributed by atoms with Crippen molar-refractivity contribution in [2.75, 3.05) is 26.2 Å². The molecule has 3 rings (SSSR count). The number of ether oxygens (including phenoxy) is 1. The van der Waals surface area contributed by atoms with E-state index >= 15 is 0 Å². The van der Waals surface area contributed by atoms with Crippen molar-refractivity contribution < 1.29 is 19.1 Å². The van der Waals surface area contributed by atoms with Crippen LogP contribution in [0, 0.1) is 0 Å². The van der Waals surface area contributed by atoms with Crippen molar-refractivity contribution in [2.45, 2.75) is 25.8 Å². The molecule has 9 nitrogen and oxygen atoms in total. The Morgan fingerprint density at radius 3 is 2.74 bits per heavy atom. The van der Waals surface area contributed by atoms with Gasteiger partial charge >= 0.3 is 6.09 Å². The van der Waals surface area contributed by atoms with Gasteiger partial charge in [0.15, 0.2) is 5.69 Å². The van der Waals surface area contributed by atoms with Gasteiger partial charge in [-0.25, -0.2) is 4.79 Å². The highest BCUT2D eigenvalue weighted by Crippen LogP contribution is 2.15. The van der Waals surface area contributed by atoms with Gasteiger partial charge in [-0.15, -0.1) is 0 Å². The molecule has 2 aromatic rings. The number of carbonyl (C=O) groups is 3. The highest BCUT2D eigenvalue weighted by Gasteiger charge is 2.24. The number of likely N-dealkylation sites (tertiary alicyclic amines) is 1. The van der Waals surface area contributed by atoms with E-state index in [0.717, 1.165) is 5.52 Å². The largest absolute Gasteiger partial charge is 0.450 e. The Bertz CT molecular complexity index is 826. The van der Waals surface area contributed by atoms with Gasteiger partial charge in [0.1, 0.15) is 0 Å². The van der Waals surface area contributed by atoms with Crippen LogP contribution in [-0.2, 0) is 9.53 Å². The monoisotopic (exact) mass is 373 g/mol. The molecule has 9 heteroatoms. The first kappa shape index (κ1) is 18.7. The predicted molar refractivity (Wildman–Crippen MR) is 98.2 cm³/mol. The van der Waals surface area contributed by atoms with E-state index in [1.807, 2.05) is 18.2 Å². The van der Waals surface area contributed by atoms with Gasteiger partial charge < -0.3 is 20.3 Å². The van der Waals surface area contributed by atoms with Crippen LogP contribution in [-0.4, -0.2) is 65.3 Å². The molecule has 1 aliphatic rings. The van der Waals surface area contributed by atoms with E-state index in [-0.39, 0.29) is 30.3 Å². The maximum atomic E-state index is 12.3. The molecule has 3 N–H and O–H groups in total. The van der Waals surface area contributed by atoms with Crippen molar-refractivity contribution in [3.05, 3.63) is 30.0 Å². The summed E-state index contributed by atoms with van der Waals surface area (Å²) < 4.78 is 4.97. The first-order chi connectivity index (χ1) is 13.1. The third kappa shape index (κ3) is 4.55. The molecular weight excluding hydrogens is 350 g/mol. The summed E-state index contributed by atoms with van der Waals surface area (Å²) in [6, 6.07) is 7.28. The molecule has 0 radical (unpaired) electrons. The minimum absolute atomic E-state index is 0.0220. The lowest BCUT2D eigenvalue weighted by Crippen LogP contribution is -2.48. The SMILES string of the molecule is CCOC(=O)N1CCC(NC(=O)CNC(=O)c2n[nH]c3ccccc23)CC1. The average Bonchev–Trinajstić information content (AvgIpc) is 3.11. The molecule has 27 heavy (non-hydrogen) atoms. The second-order valence-electron chi connectivity index (χ2n) is 6.33. The maximum absolute atomic E-state index is 12.3. The van der Waals surface area contributed by atoms with E-state index < -0.39 is 5.91 Å². The van der Waals surface area contributed by atoms with Crippen LogP contribution in [0.5, 0.6) is 0 Å². The van der Waals surface area contributed by atoms with Gasteiger partial charge in [-0.2, -0.15) is 5.10 Å². The molecule has 0 spiro atoms. The summed E-state index contributed by atoms with van der Waals surface area (Å²) in [6.45, 7) is 3.06.